The molecule has 4 aromatic rings. The molecule has 0 saturated carbocycles. The lowest BCUT2D eigenvalue weighted by Gasteiger charge is -2.15. The molecule has 0 bridgehead atoms. The van der Waals surface area contributed by atoms with E-state index in [-0.39, 0.29) is 29.1 Å². The molecule has 1 N–H and O–H groups in total. The number of carbonyl (C=O) groups is 1. The van der Waals surface area contributed by atoms with E-state index in [0.29, 0.717) is 12.1 Å². The first-order valence-electron chi connectivity index (χ1n) is 11.2. The molecule has 1 aromatic heterocycles. The Kier molecular flexibility index (Phi) is 7.71. The van der Waals surface area contributed by atoms with Crippen LogP contribution in [0.4, 0.5) is 17.6 Å². The van der Waals surface area contributed by atoms with Gasteiger partial charge in [0.1, 0.15) is 17.3 Å². The first kappa shape index (κ1) is 25.7. The van der Waals surface area contributed by atoms with E-state index in [2.05, 4.69) is 15.0 Å². The van der Waals surface area contributed by atoms with E-state index in [4.69, 9.17) is 4.74 Å². The predicted octanol–water partition coefficient (Wildman–Crippen LogP) is 6.86. The van der Waals surface area contributed by atoms with Crippen molar-refractivity contribution in [3.8, 4) is 28.5 Å². The average Bonchev–Trinajstić information content (AvgIpc) is 2.88. The van der Waals surface area contributed by atoms with Crippen LogP contribution >= 0.6 is 0 Å². The summed E-state index contributed by atoms with van der Waals surface area (Å²) >= 11 is 0. The fraction of sp³-hybridized carbons (Fsp3) is 0.143. The van der Waals surface area contributed by atoms with Crippen molar-refractivity contribution in [2.45, 2.75) is 19.6 Å². The number of pyridine rings is 1. The molecule has 0 spiro atoms. The quantitative estimate of drug-likeness (QED) is 0.250. The minimum absolute atomic E-state index is 0.123. The lowest BCUT2D eigenvalue weighted by atomic mass is 10.00. The predicted molar refractivity (Wildman–Crippen MR) is 130 cm³/mol. The average molecular weight is 510 g/mol. The Hall–Kier alpha value is -4.40. The number of nitrogens with one attached hydrogen (secondary N) is 1. The van der Waals surface area contributed by atoms with Crippen molar-refractivity contribution in [2.24, 2.45) is 0 Å². The van der Waals surface area contributed by atoms with E-state index in [1.54, 1.807) is 12.1 Å². The van der Waals surface area contributed by atoms with Crippen LogP contribution in [0.2, 0.25) is 0 Å². The van der Waals surface area contributed by atoms with Gasteiger partial charge in [-0.25, -0.2) is 13.8 Å². The summed E-state index contributed by atoms with van der Waals surface area (Å²) in [7, 11) is 0. The van der Waals surface area contributed by atoms with Crippen molar-refractivity contribution in [1.29, 1.82) is 0 Å². The van der Waals surface area contributed by atoms with Crippen LogP contribution < -0.4 is 14.8 Å². The lowest BCUT2D eigenvalue weighted by molar-refractivity contribution is -0.186. The molecule has 0 aliphatic heterocycles. The van der Waals surface area contributed by atoms with Crippen molar-refractivity contribution in [1.82, 2.24) is 10.3 Å². The van der Waals surface area contributed by atoms with Crippen molar-refractivity contribution >= 4 is 5.91 Å². The SMILES string of the molecule is Cc1cc(-c2ccc(F)cc2)ccc1CNC(=O)c1ccc(Oc2cccc(OC(F)(F)CF)c2)nc1. The number of benzene rings is 3. The third kappa shape index (κ3) is 6.84. The Morgan fingerprint density at radius 1 is 0.946 bits per heavy atom. The molecule has 0 fully saturated rings. The number of rotatable bonds is 9. The van der Waals surface area contributed by atoms with Crippen LogP contribution in [0.15, 0.2) is 85.1 Å². The zero-order valence-corrected chi connectivity index (χ0v) is 19.7. The highest BCUT2D eigenvalue weighted by molar-refractivity contribution is 5.93. The number of halogens is 4. The van der Waals surface area contributed by atoms with Gasteiger partial charge in [0.2, 0.25) is 5.88 Å². The Bertz CT molecular complexity index is 1380. The minimum atomic E-state index is -3.94. The van der Waals surface area contributed by atoms with Gasteiger partial charge in [0.25, 0.3) is 5.91 Å². The summed E-state index contributed by atoms with van der Waals surface area (Å²) in [6, 6.07) is 20.3. The fourth-order valence-corrected chi connectivity index (χ4v) is 3.49. The van der Waals surface area contributed by atoms with Crippen LogP contribution in [-0.4, -0.2) is 23.7 Å². The number of aromatic nitrogens is 1. The summed E-state index contributed by atoms with van der Waals surface area (Å²) in [5.74, 6) is -0.633. The molecule has 1 amide bonds. The van der Waals surface area contributed by atoms with E-state index < -0.39 is 12.8 Å². The van der Waals surface area contributed by atoms with Gasteiger partial charge in [-0.15, -0.1) is 0 Å². The molecule has 0 atom stereocenters. The van der Waals surface area contributed by atoms with Crippen molar-refractivity contribution < 1.29 is 31.8 Å². The summed E-state index contributed by atoms with van der Waals surface area (Å²) in [5, 5.41) is 2.84. The highest BCUT2D eigenvalue weighted by Gasteiger charge is 2.31. The number of aryl methyl sites for hydroxylation is 1. The van der Waals surface area contributed by atoms with E-state index in [1.165, 1.54) is 54.7 Å². The molecule has 190 valence electrons. The van der Waals surface area contributed by atoms with Crippen LogP contribution in [0.5, 0.6) is 17.4 Å². The lowest BCUT2D eigenvalue weighted by Crippen LogP contribution is -2.26. The van der Waals surface area contributed by atoms with Crippen LogP contribution in [0.3, 0.4) is 0 Å². The number of ether oxygens (including phenoxy) is 2. The number of hydrogen-bond acceptors (Lipinski definition) is 4. The minimum Gasteiger partial charge on any atom is -0.439 e. The fourth-order valence-electron chi connectivity index (χ4n) is 3.49. The summed E-state index contributed by atoms with van der Waals surface area (Å²) in [4.78, 5) is 16.7. The third-order valence-electron chi connectivity index (χ3n) is 5.41. The summed E-state index contributed by atoms with van der Waals surface area (Å²) in [5.41, 5.74) is 4.03. The van der Waals surface area contributed by atoms with Crippen molar-refractivity contribution in [2.75, 3.05) is 6.67 Å². The maximum absolute atomic E-state index is 13.2. The van der Waals surface area contributed by atoms with Gasteiger partial charge in [-0.1, -0.05) is 36.4 Å². The van der Waals surface area contributed by atoms with Crippen LogP contribution in [-0.2, 0) is 6.54 Å². The van der Waals surface area contributed by atoms with E-state index in [1.807, 2.05) is 25.1 Å². The van der Waals surface area contributed by atoms with E-state index in [0.717, 1.165) is 22.3 Å². The maximum atomic E-state index is 13.2. The number of nitrogens with zero attached hydrogens (tertiary/aromatic N) is 1. The van der Waals surface area contributed by atoms with Crippen LogP contribution in [0, 0.1) is 12.7 Å². The first-order chi connectivity index (χ1) is 17.7. The standard InChI is InChI=1S/C28H22F4N2O3/c1-18-13-20(19-7-10-23(30)11-8-19)5-6-21(18)15-34-27(35)22-9-12-26(33-16-22)36-24-3-2-4-25(14-24)37-28(31,32)17-29/h2-14,16H,15,17H2,1H3,(H,34,35). The zero-order valence-electron chi connectivity index (χ0n) is 19.7. The second-order valence-electron chi connectivity index (χ2n) is 8.17. The van der Waals surface area contributed by atoms with Crippen LogP contribution in [0.1, 0.15) is 21.5 Å². The molecule has 4 rings (SSSR count). The molecular formula is C28H22F4N2O3. The van der Waals surface area contributed by atoms with Crippen LogP contribution in [0.25, 0.3) is 11.1 Å². The molecule has 0 aliphatic rings. The normalized spacial score (nSPS) is 11.2. The van der Waals surface area contributed by atoms with Gasteiger partial charge in [-0.05, 0) is 59.5 Å². The third-order valence-corrected chi connectivity index (χ3v) is 5.41. The number of alkyl halides is 3. The highest BCUT2D eigenvalue weighted by atomic mass is 19.3. The molecule has 37 heavy (non-hydrogen) atoms. The van der Waals surface area contributed by atoms with Gasteiger partial charge in [0.05, 0.1) is 5.56 Å². The monoisotopic (exact) mass is 510 g/mol. The Balaban J connectivity index is 1.35. The van der Waals surface area contributed by atoms with Gasteiger partial charge >= 0.3 is 6.11 Å². The molecule has 1 heterocycles. The number of hydrogen-bond donors (Lipinski definition) is 1. The molecule has 0 radical (unpaired) electrons. The molecule has 3 aromatic carbocycles. The van der Waals surface area contributed by atoms with Crippen molar-refractivity contribution in [3.63, 3.8) is 0 Å². The van der Waals surface area contributed by atoms with Gasteiger partial charge in [0.15, 0.2) is 6.67 Å². The van der Waals surface area contributed by atoms with E-state index >= 15 is 0 Å². The topological polar surface area (TPSA) is 60.5 Å². The number of amides is 1. The highest BCUT2D eigenvalue weighted by Crippen LogP contribution is 2.28. The van der Waals surface area contributed by atoms with Crippen molar-refractivity contribution in [3.05, 3.63) is 108 Å². The molecule has 0 unspecified atom stereocenters. The number of carbonyl (C=O) groups excluding carboxylic acids is 1. The Morgan fingerprint density at radius 2 is 1.68 bits per heavy atom. The largest absolute Gasteiger partial charge is 0.439 e. The molecule has 0 saturated heterocycles. The molecule has 0 aliphatic carbocycles. The summed E-state index contributed by atoms with van der Waals surface area (Å²) < 4.78 is 61.5. The smallest absolute Gasteiger partial charge is 0.427 e. The Labute approximate surface area is 210 Å². The van der Waals surface area contributed by atoms with E-state index in [9.17, 15) is 22.4 Å². The zero-order chi connectivity index (χ0) is 26.4. The van der Waals surface area contributed by atoms with Gasteiger partial charge in [-0.3, -0.25) is 4.79 Å². The molecule has 9 heteroatoms. The Morgan fingerprint density at radius 3 is 2.35 bits per heavy atom. The maximum Gasteiger partial charge on any atom is 0.427 e. The first-order valence-corrected chi connectivity index (χ1v) is 11.2. The summed E-state index contributed by atoms with van der Waals surface area (Å²) in [6.07, 6.45) is -2.61. The van der Waals surface area contributed by atoms with Gasteiger partial charge in [0, 0.05) is 24.9 Å². The van der Waals surface area contributed by atoms with Gasteiger partial charge < -0.3 is 14.8 Å². The molecular weight excluding hydrogens is 488 g/mol. The second kappa shape index (κ2) is 11.1. The summed E-state index contributed by atoms with van der Waals surface area (Å²) in [6.45, 7) is 0.272. The molecule has 5 nitrogen and oxygen atoms in total. The van der Waals surface area contributed by atoms with Gasteiger partial charge in [-0.2, -0.15) is 8.78 Å². The second-order valence-corrected chi connectivity index (χ2v) is 8.17.